The molecular formula is C30H28BrClN2O4. The van der Waals surface area contributed by atoms with Crippen LogP contribution in [0.25, 0.3) is 0 Å². The second-order valence-electron chi connectivity index (χ2n) is 10.5. The Morgan fingerprint density at radius 3 is 2.63 bits per heavy atom. The Morgan fingerprint density at radius 2 is 1.92 bits per heavy atom. The predicted octanol–water partition coefficient (Wildman–Crippen LogP) is 7.55. The number of ketones is 1. The van der Waals surface area contributed by atoms with Gasteiger partial charge in [0.2, 0.25) is 5.91 Å². The van der Waals surface area contributed by atoms with Crippen molar-refractivity contribution < 1.29 is 19.4 Å². The fourth-order valence-electron chi connectivity index (χ4n) is 5.30. The van der Waals surface area contributed by atoms with Gasteiger partial charge in [0, 0.05) is 34.1 Å². The molecule has 2 aliphatic rings. The minimum atomic E-state index is -0.770. The maximum absolute atomic E-state index is 13.7. The van der Waals surface area contributed by atoms with Crippen molar-refractivity contribution in [1.82, 2.24) is 0 Å². The lowest BCUT2D eigenvalue weighted by Gasteiger charge is -2.37. The second-order valence-corrected chi connectivity index (χ2v) is 11.8. The van der Waals surface area contributed by atoms with Gasteiger partial charge in [0.25, 0.3) is 0 Å². The highest BCUT2D eigenvalue weighted by atomic mass is 79.9. The summed E-state index contributed by atoms with van der Waals surface area (Å²) in [7, 11) is 0. The van der Waals surface area contributed by atoms with E-state index in [0.717, 1.165) is 10.0 Å². The van der Waals surface area contributed by atoms with Crippen LogP contribution >= 0.6 is 27.5 Å². The van der Waals surface area contributed by atoms with Gasteiger partial charge in [-0.2, -0.15) is 0 Å². The number of allylic oxidation sites excluding steroid dienone is 1. The highest BCUT2D eigenvalue weighted by Gasteiger charge is 2.43. The van der Waals surface area contributed by atoms with Gasteiger partial charge in [-0.15, -0.1) is 0 Å². The molecule has 3 aromatic rings. The lowest BCUT2D eigenvalue weighted by molar-refractivity contribution is -0.118. The molecule has 0 bridgehead atoms. The number of ether oxygens (including phenoxy) is 1. The molecule has 1 amide bonds. The first kappa shape index (κ1) is 26.3. The SMILES string of the molecule is CC(=O)N1c2cccc(O)c2NC2=C(C(=O)CC(C)(C)C2)C1c1ccc(OCc2cccc(Br)c2)cc1Cl. The summed E-state index contributed by atoms with van der Waals surface area (Å²) in [5.74, 6) is 0.238. The summed E-state index contributed by atoms with van der Waals surface area (Å²) >= 11 is 10.3. The number of aromatic hydroxyl groups is 1. The van der Waals surface area contributed by atoms with E-state index in [9.17, 15) is 14.7 Å². The van der Waals surface area contributed by atoms with Gasteiger partial charge in [-0.3, -0.25) is 14.5 Å². The molecule has 6 nitrogen and oxygen atoms in total. The number of benzene rings is 3. The molecule has 0 saturated carbocycles. The topological polar surface area (TPSA) is 78.9 Å². The Bertz CT molecular complexity index is 1480. The molecule has 38 heavy (non-hydrogen) atoms. The molecule has 8 heteroatoms. The Hall–Kier alpha value is -3.29. The molecule has 1 heterocycles. The number of hydrogen-bond acceptors (Lipinski definition) is 5. The fourth-order valence-corrected chi connectivity index (χ4v) is 6.02. The van der Waals surface area contributed by atoms with Crippen molar-refractivity contribution in [3.8, 4) is 11.5 Å². The molecular weight excluding hydrogens is 568 g/mol. The zero-order valence-electron chi connectivity index (χ0n) is 21.3. The largest absolute Gasteiger partial charge is 0.506 e. The average molecular weight is 596 g/mol. The van der Waals surface area contributed by atoms with Gasteiger partial charge in [-0.25, -0.2) is 0 Å². The summed E-state index contributed by atoms with van der Waals surface area (Å²) in [6.07, 6.45) is 0.916. The van der Waals surface area contributed by atoms with Crippen molar-refractivity contribution in [2.45, 2.75) is 46.3 Å². The Morgan fingerprint density at radius 1 is 1.16 bits per heavy atom. The van der Waals surface area contributed by atoms with E-state index in [0.29, 0.717) is 58.4 Å². The summed E-state index contributed by atoms with van der Waals surface area (Å²) in [5.41, 5.74) is 3.38. The van der Waals surface area contributed by atoms with E-state index in [1.807, 2.05) is 44.2 Å². The van der Waals surface area contributed by atoms with E-state index in [2.05, 4.69) is 21.2 Å². The number of phenolic OH excluding ortho intramolecular Hbond substituents is 1. The molecule has 0 radical (unpaired) electrons. The van der Waals surface area contributed by atoms with Gasteiger partial charge < -0.3 is 15.2 Å². The van der Waals surface area contributed by atoms with Crippen molar-refractivity contribution in [2.75, 3.05) is 10.2 Å². The van der Waals surface area contributed by atoms with Crippen molar-refractivity contribution in [1.29, 1.82) is 0 Å². The summed E-state index contributed by atoms with van der Waals surface area (Å²) in [5, 5.41) is 14.4. The van der Waals surface area contributed by atoms with E-state index in [4.69, 9.17) is 16.3 Å². The third-order valence-electron chi connectivity index (χ3n) is 6.91. The van der Waals surface area contributed by atoms with E-state index >= 15 is 0 Å². The van der Waals surface area contributed by atoms with E-state index in [1.165, 1.54) is 6.92 Å². The van der Waals surface area contributed by atoms with Crippen molar-refractivity contribution >= 4 is 50.6 Å². The molecule has 0 fully saturated rings. The fraction of sp³-hybridized carbons (Fsp3) is 0.267. The maximum atomic E-state index is 13.7. The number of nitrogens with zero attached hydrogens (tertiary/aromatic N) is 1. The van der Waals surface area contributed by atoms with Crippen molar-refractivity contribution in [3.63, 3.8) is 0 Å². The monoisotopic (exact) mass is 594 g/mol. The number of fused-ring (bicyclic) bond motifs is 1. The quantitative estimate of drug-likeness (QED) is 0.305. The lowest BCUT2D eigenvalue weighted by atomic mass is 9.73. The maximum Gasteiger partial charge on any atom is 0.224 e. The van der Waals surface area contributed by atoms with Gasteiger partial charge in [-0.1, -0.05) is 65.6 Å². The summed E-state index contributed by atoms with van der Waals surface area (Å²) < 4.78 is 6.95. The van der Waals surface area contributed by atoms with Crippen LogP contribution in [0.4, 0.5) is 11.4 Å². The van der Waals surface area contributed by atoms with Gasteiger partial charge in [0.1, 0.15) is 23.8 Å². The predicted molar refractivity (Wildman–Crippen MR) is 153 cm³/mol. The van der Waals surface area contributed by atoms with Crippen LogP contribution in [0.3, 0.4) is 0 Å². The van der Waals surface area contributed by atoms with Gasteiger partial charge >= 0.3 is 0 Å². The second kappa shape index (κ2) is 10.1. The molecule has 1 unspecified atom stereocenters. The van der Waals surface area contributed by atoms with Crippen molar-refractivity contribution in [2.24, 2.45) is 5.41 Å². The third kappa shape index (κ3) is 5.05. The number of phenols is 1. The van der Waals surface area contributed by atoms with E-state index < -0.39 is 6.04 Å². The molecule has 196 valence electrons. The van der Waals surface area contributed by atoms with Crippen LogP contribution in [0.2, 0.25) is 5.02 Å². The molecule has 1 atom stereocenters. The minimum absolute atomic E-state index is 0.000489. The normalized spacial score (nSPS) is 18.3. The smallest absolute Gasteiger partial charge is 0.224 e. The summed E-state index contributed by atoms with van der Waals surface area (Å²) in [4.78, 5) is 28.4. The van der Waals surface area contributed by atoms with Crippen LogP contribution in [0.1, 0.15) is 50.8 Å². The number of carbonyl (C=O) groups is 2. The first-order chi connectivity index (χ1) is 18.0. The molecule has 3 aromatic carbocycles. The zero-order valence-corrected chi connectivity index (χ0v) is 23.7. The minimum Gasteiger partial charge on any atom is -0.506 e. The Kier molecular flexibility index (Phi) is 7.01. The molecule has 0 spiro atoms. The van der Waals surface area contributed by atoms with Crippen LogP contribution in [0, 0.1) is 5.41 Å². The van der Waals surface area contributed by atoms with Crippen LogP contribution < -0.4 is 15.0 Å². The number of nitrogens with one attached hydrogen (secondary N) is 1. The number of rotatable bonds is 4. The van der Waals surface area contributed by atoms with E-state index in [-0.39, 0.29) is 22.9 Å². The number of amides is 1. The number of para-hydroxylation sites is 1. The Labute approximate surface area is 235 Å². The standard InChI is InChI=1S/C30H28BrClN2O4/c1-17(35)34-24-8-5-9-25(36)28(24)33-23-14-30(2,3)15-26(37)27(23)29(34)21-11-10-20(13-22(21)32)38-16-18-6-4-7-19(31)12-18/h4-13,29,33,36H,14-16H2,1-3H3. The first-order valence-corrected chi connectivity index (χ1v) is 13.5. The van der Waals surface area contributed by atoms with Crippen LogP contribution in [-0.4, -0.2) is 16.8 Å². The lowest BCUT2D eigenvalue weighted by Crippen LogP contribution is -2.38. The number of halogens is 2. The highest BCUT2D eigenvalue weighted by Crippen LogP contribution is 2.51. The average Bonchev–Trinajstić information content (AvgIpc) is 2.97. The van der Waals surface area contributed by atoms with Gasteiger partial charge in [0.05, 0.1) is 11.7 Å². The first-order valence-electron chi connectivity index (χ1n) is 12.4. The molecule has 1 aliphatic carbocycles. The number of anilines is 2. The summed E-state index contributed by atoms with van der Waals surface area (Å²) in [6.45, 7) is 5.88. The number of Topliss-reactive ketones (excluding diaryl/α,β-unsaturated/α-hetero) is 1. The van der Waals surface area contributed by atoms with Crippen molar-refractivity contribution in [3.05, 3.63) is 92.6 Å². The van der Waals surface area contributed by atoms with Gasteiger partial charge in [-0.05, 0) is 59.4 Å². The van der Waals surface area contributed by atoms with Crippen LogP contribution in [-0.2, 0) is 16.2 Å². The third-order valence-corrected chi connectivity index (χ3v) is 7.73. The number of hydrogen-bond donors (Lipinski definition) is 2. The molecule has 5 rings (SSSR count). The molecule has 2 N–H and O–H groups in total. The highest BCUT2D eigenvalue weighted by molar-refractivity contribution is 9.10. The molecule has 1 aliphatic heterocycles. The molecule has 0 aromatic heterocycles. The summed E-state index contributed by atoms with van der Waals surface area (Å²) in [6, 6.07) is 17.4. The van der Waals surface area contributed by atoms with Crippen LogP contribution in [0.5, 0.6) is 11.5 Å². The van der Waals surface area contributed by atoms with Gasteiger partial charge in [0.15, 0.2) is 5.78 Å². The Balaban J connectivity index is 1.61. The molecule has 0 saturated heterocycles. The van der Waals surface area contributed by atoms with E-state index in [1.54, 1.807) is 35.2 Å². The zero-order chi connectivity index (χ0) is 27.2. The number of carbonyl (C=O) groups excluding carboxylic acids is 2. The van der Waals surface area contributed by atoms with Crippen LogP contribution in [0.15, 0.2) is 76.4 Å².